The quantitative estimate of drug-likeness (QED) is 0.806. The number of hydrogen-bond acceptors (Lipinski definition) is 5. The Morgan fingerprint density at radius 2 is 2.47 bits per heavy atom. The standard InChI is InChI=1S/C13H15N3O3/c1-3-18-13(17)9-4-8-11(15-9)7-5-19-6(2)10(7)12(14)16-8/h4,6,15H,3,5H2,1-2H3,(H2,14,16). The molecule has 3 rings (SSSR count). The molecule has 1 aliphatic heterocycles. The van der Waals surface area contributed by atoms with Crippen molar-refractivity contribution in [1.82, 2.24) is 9.97 Å². The minimum absolute atomic E-state index is 0.0683. The molecule has 6 heteroatoms. The van der Waals surface area contributed by atoms with Crippen LogP contribution < -0.4 is 5.73 Å². The largest absolute Gasteiger partial charge is 0.461 e. The van der Waals surface area contributed by atoms with Crippen LogP contribution in [0.15, 0.2) is 6.07 Å². The predicted octanol–water partition coefficient (Wildman–Crippen LogP) is 1.91. The van der Waals surface area contributed by atoms with E-state index in [1.165, 1.54) is 0 Å². The zero-order chi connectivity index (χ0) is 13.6. The number of anilines is 1. The van der Waals surface area contributed by atoms with Gasteiger partial charge in [-0.25, -0.2) is 9.78 Å². The van der Waals surface area contributed by atoms with Crippen molar-refractivity contribution in [2.45, 2.75) is 26.6 Å². The van der Waals surface area contributed by atoms with Crippen LogP contribution in [0.4, 0.5) is 5.82 Å². The van der Waals surface area contributed by atoms with E-state index in [2.05, 4.69) is 9.97 Å². The van der Waals surface area contributed by atoms with Crippen LogP contribution in [0.2, 0.25) is 0 Å². The number of nitrogens with two attached hydrogens (primary N) is 1. The Kier molecular flexibility index (Phi) is 2.67. The Bertz CT molecular complexity index is 663. The highest BCUT2D eigenvalue weighted by Gasteiger charge is 2.27. The summed E-state index contributed by atoms with van der Waals surface area (Å²) in [5.74, 6) is 0.0710. The van der Waals surface area contributed by atoms with E-state index < -0.39 is 0 Å². The Hall–Kier alpha value is -2.08. The van der Waals surface area contributed by atoms with Gasteiger partial charge in [-0.15, -0.1) is 0 Å². The molecule has 2 aromatic rings. The third kappa shape index (κ3) is 1.76. The summed E-state index contributed by atoms with van der Waals surface area (Å²) in [7, 11) is 0. The fourth-order valence-corrected chi connectivity index (χ4v) is 2.46. The molecule has 2 aromatic heterocycles. The summed E-state index contributed by atoms with van der Waals surface area (Å²) >= 11 is 0. The Labute approximate surface area is 109 Å². The topological polar surface area (TPSA) is 90.2 Å². The van der Waals surface area contributed by atoms with Gasteiger partial charge >= 0.3 is 5.97 Å². The van der Waals surface area contributed by atoms with Crippen LogP contribution in [0, 0.1) is 0 Å². The average molecular weight is 261 g/mol. The van der Waals surface area contributed by atoms with Gasteiger partial charge in [0.1, 0.15) is 11.5 Å². The van der Waals surface area contributed by atoms with E-state index in [0.717, 1.165) is 16.6 Å². The number of hydrogen-bond donors (Lipinski definition) is 2. The van der Waals surface area contributed by atoms with Gasteiger partial charge in [-0.05, 0) is 19.9 Å². The van der Waals surface area contributed by atoms with Gasteiger partial charge in [0.05, 0.1) is 30.4 Å². The molecular formula is C13H15N3O3. The van der Waals surface area contributed by atoms with Crippen LogP contribution in [0.3, 0.4) is 0 Å². The summed E-state index contributed by atoms with van der Waals surface area (Å²) in [6.07, 6.45) is -0.0683. The number of nitrogens with zero attached hydrogens (tertiary/aromatic N) is 1. The van der Waals surface area contributed by atoms with Gasteiger partial charge in [-0.2, -0.15) is 0 Å². The molecule has 0 aliphatic carbocycles. The molecule has 3 heterocycles. The number of nitrogens with one attached hydrogen (secondary N) is 1. The van der Waals surface area contributed by atoms with Crippen molar-refractivity contribution in [2.24, 2.45) is 0 Å². The van der Waals surface area contributed by atoms with Gasteiger partial charge in [0.2, 0.25) is 0 Å². The predicted molar refractivity (Wildman–Crippen MR) is 69.7 cm³/mol. The Morgan fingerprint density at radius 1 is 1.68 bits per heavy atom. The number of aromatic nitrogens is 2. The van der Waals surface area contributed by atoms with Crippen LogP contribution in [-0.4, -0.2) is 22.5 Å². The molecule has 0 aromatic carbocycles. The highest BCUT2D eigenvalue weighted by molar-refractivity contribution is 5.95. The van der Waals surface area contributed by atoms with Gasteiger partial charge in [-0.1, -0.05) is 0 Å². The fraction of sp³-hybridized carbons (Fsp3) is 0.385. The zero-order valence-corrected chi connectivity index (χ0v) is 10.8. The van der Waals surface area contributed by atoms with Crippen molar-refractivity contribution < 1.29 is 14.3 Å². The molecule has 0 saturated carbocycles. The fourth-order valence-electron chi connectivity index (χ4n) is 2.46. The lowest BCUT2D eigenvalue weighted by Crippen LogP contribution is -2.04. The number of rotatable bonds is 2. The molecule has 0 radical (unpaired) electrons. The van der Waals surface area contributed by atoms with Crippen molar-refractivity contribution in [1.29, 1.82) is 0 Å². The smallest absolute Gasteiger partial charge is 0.354 e. The van der Waals surface area contributed by atoms with Crippen molar-refractivity contribution >= 4 is 22.8 Å². The number of H-pyrrole nitrogens is 1. The lowest BCUT2D eigenvalue weighted by atomic mass is 10.1. The third-order valence-corrected chi connectivity index (χ3v) is 3.32. The van der Waals surface area contributed by atoms with Crippen LogP contribution in [0.1, 0.15) is 41.6 Å². The number of esters is 1. The number of ether oxygens (including phenoxy) is 2. The number of fused-ring (bicyclic) bond motifs is 3. The average Bonchev–Trinajstić information content (AvgIpc) is 2.93. The van der Waals surface area contributed by atoms with Crippen LogP contribution in [-0.2, 0) is 16.1 Å². The van der Waals surface area contributed by atoms with E-state index in [1.807, 2.05) is 6.92 Å². The molecule has 1 atom stereocenters. The molecule has 1 aliphatic rings. The minimum atomic E-state index is -0.389. The van der Waals surface area contributed by atoms with Crippen molar-refractivity contribution in [3.63, 3.8) is 0 Å². The summed E-state index contributed by atoms with van der Waals surface area (Å²) in [6, 6.07) is 1.66. The first-order valence-electron chi connectivity index (χ1n) is 6.21. The van der Waals surface area contributed by atoms with Gasteiger partial charge in [0, 0.05) is 11.1 Å². The molecule has 100 valence electrons. The number of pyridine rings is 1. The number of nitrogen functional groups attached to an aromatic ring is 1. The van der Waals surface area contributed by atoms with Crippen LogP contribution in [0.25, 0.3) is 11.0 Å². The van der Waals surface area contributed by atoms with E-state index in [9.17, 15) is 4.79 Å². The van der Waals surface area contributed by atoms with Gasteiger partial charge in [-0.3, -0.25) is 0 Å². The number of carbonyl (C=O) groups excluding carboxylic acids is 1. The maximum absolute atomic E-state index is 11.7. The molecule has 0 saturated heterocycles. The van der Waals surface area contributed by atoms with Crippen LogP contribution in [0.5, 0.6) is 0 Å². The van der Waals surface area contributed by atoms with Crippen LogP contribution >= 0.6 is 0 Å². The summed E-state index contributed by atoms with van der Waals surface area (Å²) in [6.45, 7) is 4.51. The molecule has 0 spiro atoms. The first-order chi connectivity index (χ1) is 9.11. The number of aromatic amines is 1. The first-order valence-corrected chi connectivity index (χ1v) is 6.21. The molecular weight excluding hydrogens is 246 g/mol. The number of carbonyl (C=O) groups is 1. The van der Waals surface area contributed by atoms with Crippen molar-refractivity contribution in [3.8, 4) is 0 Å². The van der Waals surface area contributed by atoms with Crippen molar-refractivity contribution in [2.75, 3.05) is 12.3 Å². The second kappa shape index (κ2) is 4.24. The summed E-state index contributed by atoms with van der Waals surface area (Å²) in [4.78, 5) is 19.1. The zero-order valence-electron chi connectivity index (χ0n) is 10.8. The van der Waals surface area contributed by atoms with Gasteiger partial charge in [0.25, 0.3) is 0 Å². The van der Waals surface area contributed by atoms with E-state index >= 15 is 0 Å². The molecule has 6 nitrogen and oxygen atoms in total. The second-order valence-electron chi connectivity index (χ2n) is 4.51. The second-order valence-corrected chi connectivity index (χ2v) is 4.51. The lowest BCUT2D eigenvalue weighted by Gasteiger charge is -2.06. The van der Waals surface area contributed by atoms with E-state index in [4.69, 9.17) is 15.2 Å². The highest BCUT2D eigenvalue weighted by Crippen LogP contribution is 2.37. The summed E-state index contributed by atoms with van der Waals surface area (Å²) in [5.41, 5.74) is 9.69. The molecule has 0 fully saturated rings. The summed E-state index contributed by atoms with van der Waals surface area (Å²) in [5, 5.41) is 0. The first kappa shape index (κ1) is 12.0. The van der Waals surface area contributed by atoms with E-state index in [0.29, 0.717) is 30.2 Å². The maximum atomic E-state index is 11.7. The Balaban J connectivity index is 2.17. The Morgan fingerprint density at radius 3 is 3.21 bits per heavy atom. The molecule has 1 unspecified atom stereocenters. The maximum Gasteiger partial charge on any atom is 0.354 e. The molecule has 19 heavy (non-hydrogen) atoms. The third-order valence-electron chi connectivity index (χ3n) is 3.32. The molecule has 0 amide bonds. The normalized spacial score (nSPS) is 17.7. The van der Waals surface area contributed by atoms with Gasteiger partial charge in [0.15, 0.2) is 0 Å². The van der Waals surface area contributed by atoms with E-state index in [1.54, 1.807) is 13.0 Å². The summed E-state index contributed by atoms with van der Waals surface area (Å²) < 4.78 is 10.5. The SMILES string of the molecule is CCOC(=O)c1cc2nc(N)c3c(c2[nH]1)COC3C. The molecule has 3 N–H and O–H groups in total. The lowest BCUT2D eigenvalue weighted by molar-refractivity contribution is 0.0520. The van der Waals surface area contributed by atoms with E-state index in [-0.39, 0.29) is 12.1 Å². The van der Waals surface area contributed by atoms with Gasteiger partial charge < -0.3 is 20.2 Å². The minimum Gasteiger partial charge on any atom is -0.461 e. The molecule has 0 bridgehead atoms. The highest BCUT2D eigenvalue weighted by atomic mass is 16.5. The monoisotopic (exact) mass is 261 g/mol. The van der Waals surface area contributed by atoms with Crippen molar-refractivity contribution in [3.05, 3.63) is 22.9 Å².